The van der Waals surface area contributed by atoms with E-state index >= 15 is 0 Å². The van der Waals surface area contributed by atoms with Gasteiger partial charge in [-0.15, -0.1) is 0 Å². The van der Waals surface area contributed by atoms with Gasteiger partial charge in [0.1, 0.15) is 0 Å². The number of benzene rings is 1. The summed E-state index contributed by atoms with van der Waals surface area (Å²) in [6, 6.07) is 12.1. The van der Waals surface area contributed by atoms with Gasteiger partial charge in [-0.1, -0.05) is 36.8 Å². The average molecular weight is 246 g/mol. The predicted octanol–water partition coefficient (Wildman–Crippen LogP) is 2.69. The Bertz CT molecular complexity index is 330. The van der Waals surface area contributed by atoms with Crippen molar-refractivity contribution in [3.8, 4) is 0 Å². The van der Waals surface area contributed by atoms with Crippen molar-refractivity contribution in [2.75, 3.05) is 20.1 Å². The zero-order valence-corrected chi connectivity index (χ0v) is 11.7. The Kier molecular flexibility index (Phi) is 5.21. The molecule has 0 aliphatic carbocycles. The molecule has 2 nitrogen and oxygen atoms in total. The van der Waals surface area contributed by atoms with Gasteiger partial charge in [0.15, 0.2) is 0 Å². The van der Waals surface area contributed by atoms with Crippen molar-refractivity contribution < 1.29 is 0 Å². The molecule has 2 unspecified atom stereocenters. The van der Waals surface area contributed by atoms with Gasteiger partial charge in [-0.2, -0.15) is 0 Å². The third-order valence-electron chi connectivity index (χ3n) is 4.05. The van der Waals surface area contributed by atoms with Crippen LogP contribution < -0.4 is 5.32 Å². The second-order valence-electron chi connectivity index (χ2n) is 5.63. The molecule has 2 rings (SSSR count). The molecule has 1 aromatic carbocycles. The summed E-state index contributed by atoms with van der Waals surface area (Å²) in [7, 11) is 2.25. The van der Waals surface area contributed by atoms with Crippen LogP contribution in [0.25, 0.3) is 0 Å². The molecule has 0 radical (unpaired) electrons. The molecule has 0 saturated carbocycles. The van der Waals surface area contributed by atoms with E-state index in [-0.39, 0.29) is 0 Å². The third-order valence-corrected chi connectivity index (χ3v) is 4.05. The van der Waals surface area contributed by atoms with Crippen LogP contribution in [0.4, 0.5) is 0 Å². The van der Waals surface area contributed by atoms with Crippen LogP contribution in [-0.2, 0) is 6.42 Å². The lowest BCUT2D eigenvalue weighted by Crippen LogP contribution is -2.45. The summed E-state index contributed by atoms with van der Waals surface area (Å²) in [5.74, 6) is 0. The number of nitrogens with zero attached hydrogens (tertiary/aromatic N) is 1. The molecule has 1 aromatic rings. The molecule has 0 amide bonds. The van der Waals surface area contributed by atoms with Crippen LogP contribution in [0.2, 0.25) is 0 Å². The molecule has 2 atom stereocenters. The quantitative estimate of drug-likeness (QED) is 0.859. The van der Waals surface area contributed by atoms with Gasteiger partial charge in [-0.05, 0) is 45.3 Å². The van der Waals surface area contributed by atoms with Crippen molar-refractivity contribution in [1.29, 1.82) is 0 Å². The number of likely N-dealkylation sites (N-methyl/N-ethyl adjacent to an activating group) is 1. The molecule has 0 aromatic heterocycles. The molecule has 1 saturated heterocycles. The molecule has 0 spiro atoms. The normalized spacial score (nSPS) is 22.1. The second-order valence-corrected chi connectivity index (χ2v) is 5.63. The van der Waals surface area contributed by atoms with Crippen molar-refractivity contribution in [2.24, 2.45) is 0 Å². The Hall–Kier alpha value is -0.860. The van der Waals surface area contributed by atoms with Crippen LogP contribution in [0, 0.1) is 0 Å². The zero-order chi connectivity index (χ0) is 12.8. The predicted molar refractivity (Wildman–Crippen MR) is 77.9 cm³/mol. The molecule has 1 aliphatic heterocycles. The fraction of sp³-hybridized carbons (Fsp3) is 0.625. The fourth-order valence-electron chi connectivity index (χ4n) is 2.72. The van der Waals surface area contributed by atoms with E-state index in [9.17, 15) is 0 Å². The van der Waals surface area contributed by atoms with Crippen molar-refractivity contribution in [2.45, 2.75) is 44.7 Å². The standard InChI is InChI=1S/C16H26N2/c1-14(12-15-8-4-3-5-9-15)18(2)13-16-10-6-7-11-17-16/h3-5,8-9,14,16-17H,6-7,10-13H2,1-2H3. The molecule has 1 fully saturated rings. The van der Waals surface area contributed by atoms with Crippen molar-refractivity contribution >= 4 is 0 Å². The van der Waals surface area contributed by atoms with E-state index in [4.69, 9.17) is 0 Å². The summed E-state index contributed by atoms with van der Waals surface area (Å²) in [6.07, 6.45) is 5.21. The van der Waals surface area contributed by atoms with Crippen LogP contribution >= 0.6 is 0 Å². The minimum absolute atomic E-state index is 0.608. The van der Waals surface area contributed by atoms with E-state index in [0.717, 1.165) is 6.42 Å². The first-order chi connectivity index (χ1) is 8.75. The SMILES string of the molecule is CC(Cc1ccccc1)N(C)CC1CCCCN1. The smallest absolute Gasteiger partial charge is 0.0195 e. The highest BCUT2D eigenvalue weighted by Crippen LogP contribution is 2.11. The van der Waals surface area contributed by atoms with E-state index in [0.29, 0.717) is 12.1 Å². The molecular weight excluding hydrogens is 220 g/mol. The number of hydrogen-bond acceptors (Lipinski definition) is 2. The molecule has 1 heterocycles. The number of rotatable bonds is 5. The Morgan fingerprint density at radius 2 is 2.06 bits per heavy atom. The first kappa shape index (κ1) is 13.6. The van der Waals surface area contributed by atoms with Crippen molar-refractivity contribution in [3.05, 3.63) is 35.9 Å². The first-order valence-corrected chi connectivity index (χ1v) is 7.23. The number of piperidine rings is 1. The van der Waals surface area contributed by atoms with Gasteiger partial charge in [-0.3, -0.25) is 0 Å². The highest BCUT2D eigenvalue weighted by atomic mass is 15.1. The minimum Gasteiger partial charge on any atom is -0.313 e. The van der Waals surface area contributed by atoms with Crippen molar-refractivity contribution in [3.63, 3.8) is 0 Å². The lowest BCUT2D eigenvalue weighted by Gasteiger charge is -2.31. The lowest BCUT2D eigenvalue weighted by molar-refractivity contribution is 0.212. The fourth-order valence-corrected chi connectivity index (χ4v) is 2.72. The van der Waals surface area contributed by atoms with Gasteiger partial charge in [0.25, 0.3) is 0 Å². The topological polar surface area (TPSA) is 15.3 Å². The van der Waals surface area contributed by atoms with E-state index < -0.39 is 0 Å². The Morgan fingerprint density at radius 1 is 1.28 bits per heavy atom. The highest BCUT2D eigenvalue weighted by Gasteiger charge is 2.17. The third kappa shape index (κ3) is 4.11. The Labute approximate surface area is 111 Å². The molecule has 100 valence electrons. The number of hydrogen-bond donors (Lipinski definition) is 1. The van der Waals surface area contributed by atoms with Crippen LogP contribution in [0.15, 0.2) is 30.3 Å². The molecular formula is C16H26N2. The van der Waals surface area contributed by atoms with E-state index in [1.165, 1.54) is 37.9 Å². The monoisotopic (exact) mass is 246 g/mol. The van der Waals surface area contributed by atoms with E-state index in [1.54, 1.807) is 0 Å². The summed E-state index contributed by atoms with van der Waals surface area (Å²) in [5.41, 5.74) is 1.44. The van der Waals surface area contributed by atoms with Gasteiger partial charge in [0.2, 0.25) is 0 Å². The molecule has 1 N–H and O–H groups in total. The average Bonchev–Trinajstić information content (AvgIpc) is 2.41. The van der Waals surface area contributed by atoms with Gasteiger partial charge < -0.3 is 10.2 Å². The van der Waals surface area contributed by atoms with Crippen LogP contribution in [0.1, 0.15) is 31.7 Å². The van der Waals surface area contributed by atoms with Crippen LogP contribution in [0.3, 0.4) is 0 Å². The summed E-state index contributed by atoms with van der Waals surface area (Å²) in [5, 5.41) is 3.63. The number of nitrogens with one attached hydrogen (secondary N) is 1. The summed E-state index contributed by atoms with van der Waals surface area (Å²) in [4.78, 5) is 2.50. The lowest BCUT2D eigenvalue weighted by atomic mass is 10.0. The maximum absolute atomic E-state index is 3.63. The molecule has 2 heteroatoms. The van der Waals surface area contributed by atoms with Crippen LogP contribution in [0.5, 0.6) is 0 Å². The molecule has 0 bridgehead atoms. The maximum atomic E-state index is 3.63. The van der Waals surface area contributed by atoms with Gasteiger partial charge in [0.05, 0.1) is 0 Å². The summed E-state index contributed by atoms with van der Waals surface area (Å²) < 4.78 is 0. The Morgan fingerprint density at radius 3 is 2.72 bits per heavy atom. The minimum atomic E-state index is 0.608. The molecule has 1 aliphatic rings. The van der Waals surface area contributed by atoms with Gasteiger partial charge in [0, 0.05) is 18.6 Å². The summed E-state index contributed by atoms with van der Waals surface area (Å²) in [6.45, 7) is 4.70. The molecule has 18 heavy (non-hydrogen) atoms. The van der Waals surface area contributed by atoms with E-state index in [1.807, 2.05) is 0 Å². The van der Waals surface area contributed by atoms with Crippen LogP contribution in [-0.4, -0.2) is 37.1 Å². The maximum Gasteiger partial charge on any atom is 0.0195 e. The van der Waals surface area contributed by atoms with Gasteiger partial charge >= 0.3 is 0 Å². The first-order valence-electron chi connectivity index (χ1n) is 7.23. The van der Waals surface area contributed by atoms with Crippen molar-refractivity contribution in [1.82, 2.24) is 10.2 Å². The zero-order valence-electron chi connectivity index (χ0n) is 11.7. The highest BCUT2D eigenvalue weighted by molar-refractivity contribution is 5.15. The van der Waals surface area contributed by atoms with E-state index in [2.05, 4.69) is 54.5 Å². The Balaban J connectivity index is 1.79. The summed E-state index contributed by atoms with van der Waals surface area (Å²) >= 11 is 0. The second kappa shape index (κ2) is 6.91. The largest absolute Gasteiger partial charge is 0.313 e. The van der Waals surface area contributed by atoms with Gasteiger partial charge in [-0.25, -0.2) is 0 Å².